The molecule has 0 bridgehead atoms. The van der Waals surface area contributed by atoms with Crippen molar-refractivity contribution in [1.82, 2.24) is 5.32 Å². The van der Waals surface area contributed by atoms with Gasteiger partial charge in [0.25, 0.3) is 0 Å². The van der Waals surface area contributed by atoms with Crippen molar-refractivity contribution in [2.45, 2.75) is 32.2 Å². The molecule has 1 aliphatic rings. The van der Waals surface area contributed by atoms with Crippen LogP contribution in [-0.2, 0) is 4.79 Å². The zero-order chi connectivity index (χ0) is 9.90. The van der Waals surface area contributed by atoms with E-state index in [1.807, 2.05) is 6.92 Å². The number of nitrogens with one attached hydrogen (secondary N) is 1. The first-order chi connectivity index (χ1) is 6.14. The fourth-order valence-corrected chi connectivity index (χ4v) is 1.32. The van der Waals surface area contributed by atoms with Crippen LogP contribution in [-0.4, -0.2) is 11.9 Å². The fourth-order valence-electron chi connectivity index (χ4n) is 1.32. The van der Waals surface area contributed by atoms with Gasteiger partial charge in [0.15, 0.2) is 0 Å². The minimum Gasteiger partial charge on any atom is -0.349 e. The topological polar surface area (TPSA) is 52.9 Å². The number of nitriles is 1. The molecule has 1 amide bonds. The smallest absolute Gasteiger partial charge is 0.240 e. The van der Waals surface area contributed by atoms with Crippen LogP contribution in [0.15, 0.2) is 12.7 Å². The normalized spacial score (nSPS) is 20.6. The Bertz CT molecular complexity index is 261. The van der Waals surface area contributed by atoms with Gasteiger partial charge < -0.3 is 5.32 Å². The van der Waals surface area contributed by atoms with Crippen LogP contribution in [0.2, 0.25) is 0 Å². The van der Waals surface area contributed by atoms with Gasteiger partial charge in [-0.25, -0.2) is 0 Å². The van der Waals surface area contributed by atoms with Gasteiger partial charge >= 0.3 is 0 Å². The summed E-state index contributed by atoms with van der Waals surface area (Å²) in [7, 11) is 0. The molecule has 0 spiro atoms. The van der Waals surface area contributed by atoms with Crippen LogP contribution < -0.4 is 5.32 Å². The maximum atomic E-state index is 11.6. The first kappa shape index (κ1) is 9.79. The van der Waals surface area contributed by atoms with Gasteiger partial charge in [-0.3, -0.25) is 4.79 Å². The van der Waals surface area contributed by atoms with E-state index in [2.05, 4.69) is 18.0 Å². The Balaban J connectivity index is 2.57. The van der Waals surface area contributed by atoms with Crippen LogP contribution in [0.1, 0.15) is 26.2 Å². The Morgan fingerprint density at radius 1 is 1.77 bits per heavy atom. The predicted octanol–water partition coefficient (Wildman–Crippen LogP) is 1.37. The molecule has 1 rings (SSSR count). The molecule has 0 aromatic rings. The monoisotopic (exact) mass is 178 g/mol. The van der Waals surface area contributed by atoms with Crippen LogP contribution >= 0.6 is 0 Å². The van der Waals surface area contributed by atoms with Gasteiger partial charge in [-0.1, -0.05) is 6.08 Å². The Labute approximate surface area is 78.4 Å². The maximum absolute atomic E-state index is 11.6. The first-order valence-corrected chi connectivity index (χ1v) is 4.49. The van der Waals surface area contributed by atoms with E-state index < -0.39 is 5.41 Å². The molecule has 0 saturated heterocycles. The third-order valence-electron chi connectivity index (χ3n) is 2.57. The van der Waals surface area contributed by atoms with E-state index in [9.17, 15) is 4.79 Å². The van der Waals surface area contributed by atoms with Crippen LogP contribution in [0.3, 0.4) is 0 Å². The highest BCUT2D eigenvalue weighted by molar-refractivity contribution is 5.86. The van der Waals surface area contributed by atoms with E-state index in [0.717, 1.165) is 6.42 Å². The SMILES string of the molecule is C=CC(C)NC(=O)C1(C#N)CCC1. The number of hydrogen-bond donors (Lipinski definition) is 1. The van der Waals surface area contributed by atoms with Crippen LogP contribution in [0.5, 0.6) is 0 Å². The van der Waals surface area contributed by atoms with Gasteiger partial charge in [0, 0.05) is 6.04 Å². The van der Waals surface area contributed by atoms with Crippen molar-refractivity contribution < 1.29 is 4.79 Å². The lowest BCUT2D eigenvalue weighted by Gasteiger charge is -2.34. The summed E-state index contributed by atoms with van der Waals surface area (Å²) in [6.45, 7) is 5.41. The molecule has 0 aliphatic heterocycles. The number of carbonyl (C=O) groups is 1. The van der Waals surface area contributed by atoms with Crippen molar-refractivity contribution >= 4 is 5.91 Å². The Kier molecular flexibility index (Phi) is 2.72. The molecular weight excluding hydrogens is 164 g/mol. The first-order valence-electron chi connectivity index (χ1n) is 4.49. The summed E-state index contributed by atoms with van der Waals surface area (Å²) < 4.78 is 0. The minimum absolute atomic E-state index is 0.0571. The number of carbonyl (C=O) groups excluding carboxylic acids is 1. The third-order valence-corrected chi connectivity index (χ3v) is 2.57. The molecule has 1 aliphatic carbocycles. The molecule has 1 saturated carbocycles. The van der Waals surface area contributed by atoms with E-state index in [4.69, 9.17) is 5.26 Å². The second-order valence-corrected chi connectivity index (χ2v) is 3.55. The number of nitrogens with zero attached hydrogens (tertiary/aromatic N) is 1. The molecule has 3 heteroatoms. The van der Waals surface area contributed by atoms with Crippen molar-refractivity contribution in [2.75, 3.05) is 0 Å². The van der Waals surface area contributed by atoms with Crippen molar-refractivity contribution in [3.8, 4) is 6.07 Å². The average Bonchev–Trinajstić information content (AvgIpc) is 2.03. The zero-order valence-electron chi connectivity index (χ0n) is 7.84. The van der Waals surface area contributed by atoms with Gasteiger partial charge in [-0.15, -0.1) is 6.58 Å². The molecule has 1 N–H and O–H groups in total. The fraction of sp³-hybridized carbons (Fsp3) is 0.600. The van der Waals surface area contributed by atoms with Gasteiger partial charge in [0.1, 0.15) is 5.41 Å². The molecular formula is C10H14N2O. The molecule has 1 unspecified atom stereocenters. The lowest BCUT2D eigenvalue weighted by Crippen LogP contribution is -2.47. The van der Waals surface area contributed by atoms with Crippen LogP contribution in [0, 0.1) is 16.7 Å². The molecule has 1 atom stereocenters. The van der Waals surface area contributed by atoms with Crippen molar-refractivity contribution in [3.63, 3.8) is 0 Å². The van der Waals surface area contributed by atoms with Crippen LogP contribution in [0.4, 0.5) is 0 Å². The molecule has 1 fully saturated rings. The third kappa shape index (κ3) is 1.72. The molecule has 3 nitrogen and oxygen atoms in total. The maximum Gasteiger partial charge on any atom is 0.240 e. The summed E-state index contributed by atoms with van der Waals surface area (Å²) in [5.74, 6) is -0.145. The predicted molar refractivity (Wildman–Crippen MR) is 49.7 cm³/mol. The minimum atomic E-state index is -0.739. The Morgan fingerprint density at radius 2 is 2.38 bits per heavy atom. The lowest BCUT2D eigenvalue weighted by atomic mass is 9.69. The second-order valence-electron chi connectivity index (χ2n) is 3.55. The summed E-state index contributed by atoms with van der Waals surface area (Å²) in [6, 6.07) is 2.04. The molecule has 0 heterocycles. The standard InChI is InChI=1S/C10H14N2O/c1-3-8(2)12-9(13)10(7-11)5-4-6-10/h3,8H,1,4-6H2,2H3,(H,12,13). The summed E-state index contributed by atoms with van der Waals surface area (Å²) in [4.78, 5) is 11.6. The molecule has 13 heavy (non-hydrogen) atoms. The van der Waals surface area contributed by atoms with Gasteiger partial charge in [0.2, 0.25) is 5.91 Å². The molecule has 0 aromatic heterocycles. The molecule has 70 valence electrons. The highest BCUT2D eigenvalue weighted by atomic mass is 16.2. The van der Waals surface area contributed by atoms with Crippen LogP contribution in [0.25, 0.3) is 0 Å². The molecule has 0 radical (unpaired) electrons. The van der Waals surface area contributed by atoms with Crippen molar-refractivity contribution in [3.05, 3.63) is 12.7 Å². The quantitative estimate of drug-likeness (QED) is 0.663. The van der Waals surface area contributed by atoms with Gasteiger partial charge in [0.05, 0.1) is 6.07 Å². The largest absolute Gasteiger partial charge is 0.349 e. The summed E-state index contributed by atoms with van der Waals surface area (Å²) in [5, 5.41) is 11.6. The average molecular weight is 178 g/mol. The van der Waals surface area contributed by atoms with E-state index >= 15 is 0 Å². The Hall–Kier alpha value is -1.30. The zero-order valence-corrected chi connectivity index (χ0v) is 7.84. The van der Waals surface area contributed by atoms with Crippen molar-refractivity contribution in [1.29, 1.82) is 5.26 Å². The van der Waals surface area contributed by atoms with Crippen molar-refractivity contribution in [2.24, 2.45) is 5.41 Å². The van der Waals surface area contributed by atoms with E-state index in [0.29, 0.717) is 12.8 Å². The number of hydrogen-bond acceptors (Lipinski definition) is 2. The summed E-state index contributed by atoms with van der Waals surface area (Å²) >= 11 is 0. The van der Waals surface area contributed by atoms with E-state index in [1.165, 1.54) is 0 Å². The second kappa shape index (κ2) is 3.61. The summed E-state index contributed by atoms with van der Waals surface area (Å²) in [6.07, 6.45) is 4.02. The number of rotatable bonds is 3. The Morgan fingerprint density at radius 3 is 2.69 bits per heavy atom. The highest BCUT2D eigenvalue weighted by Gasteiger charge is 2.44. The van der Waals surface area contributed by atoms with E-state index in [-0.39, 0.29) is 11.9 Å². The summed E-state index contributed by atoms with van der Waals surface area (Å²) in [5.41, 5.74) is -0.739. The molecule has 0 aromatic carbocycles. The van der Waals surface area contributed by atoms with Gasteiger partial charge in [-0.05, 0) is 26.2 Å². The lowest BCUT2D eigenvalue weighted by molar-refractivity contribution is -0.132. The van der Waals surface area contributed by atoms with Gasteiger partial charge in [-0.2, -0.15) is 5.26 Å². The highest BCUT2D eigenvalue weighted by Crippen LogP contribution is 2.40. The number of amides is 1. The van der Waals surface area contributed by atoms with E-state index in [1.54, 1.807) is 6.08 Å².